The second-order valence-corrected chi connectivity index (χ2v) is 14.8. The van der Waals surface area contributed by atoms with Crippen LogP contribution in [0.1, 0.15) is 144 Å². The zero-order valence-corrected chi connectivity index (χ0v) is 29.3. The lowest BCUT2D eigenvalue weighted by Gasteiger charge is -2.23. The highest BCUT2D eigenvalue weighted by Crippen LogP contribution is 2.38. The third-order valence-electron chi connectivity index (χ3n) is 11.6. The summed E-state index contributed by atoms with van der Waals surface area (Å²) in [7, 11) is 0. The molecule has 0 saturated heterocycles. The molecule has 0 heterocycles. The van der Waals surface area contributed by atoms with Crippen molar-refractivity contribution in [3.8, 4) is 0 Å². The molecule has 0 unspecified atom stereocenters. The van der Waals surface area contributed by atoms with Crippen LogP contribution in [0.2, 0.25) is 0 Å². The number of rotatable bonds is 6. The summed E-state index contributed by atoms with van der Waals surface area (Å²) in [6.07, 6.45) is 22.6. The van der Waals surface area contributed by atoms with E-state index >= 15 is 0 Å². The van der Waals surface area contributed by atoms with Gasteiger partial charge in [0.2, 0.25) is 0 Å². The molecule has 0 heteroatoms. The molecule has 4 aromatic rings. The van der Waals surface area contributed by atoms with E-state index in [0.717, 1.165) is 36.0 Å². The van der Waals surface area contributed by atoms with Gasteiger partial charge >= 0.3 is 0 Å². The van der Waals surface area contributed by atoms with E-state index in [1.165, 1.54) is 163 Å². The van der Waals surface area contributed by atoms with Crippen LogP contribution in [0.5, 0.6) is 0 Å². The van der Waals surface area contributed by atoms with Crippen molar-refractivity contribution in [1.82, 2.24) is 0 Å². The van der Waals surface area contributed by atoms with Crippen molar-refractivity contribution in [2.24, 2.45) is 0 Å². The highest BCUT2D eigenvalue weighted by atomic mass is 14.2. The quantitative estimate of drug-likeness (QED) is 0.199. The summed E-state index contributed by atoms with van der Waals surface area (Å²) >= 11 is 0. The average molecular weight is 631 g/mol. The molecule has 3 aliphatic rings. The molecule has 0 radical (unpaired) electrons. The molecule has 0 atom stereocenters. The number of hydrogen-bond donors (Lipinski definition) is 0. The van der Waals surface area contributed by atoms with Crippen LogP contribution in [0, 0.1) is 0 Å². The lowest BCUT2D eigenvalue weighted by molar-refractivity contribution is 0.616. The Morgan fingerprint density at radius 1 is 0.333 bits per heavy atom. The summed E-state index contributed by atoms with van der Waals surface area (Å²) in [5, 5.41) is 0. The van der Waals surface area contributed by atoms with Crippen LogP contribution >= 0.6 is 0 Å². The van der Waals surface area contributed by atoms with Gasteiger partial charge in [0.05, 0.1) is 0 Å². The SMILES string of the molecule is C=C(c1cc(C(=C)c2cccc3c2CCCCCC3)cc(C(=C)c2cccc3c2CCCCCC3)c1)c1cccc2c1CCCCCC2. The van der Waals surface area contributed by atoms with Gasteiger partial charge in [0.1, 0.15) is 0 Å². The zero-order valence-electron chi connectivity index (χ0n) is 29.3. The normalized spacial score (nSPS) is 16.8. The summed E-state index contributed by atoms with van der Waals surface area (Å²) in [5.41, 5.74) is 20.0. The van der Waals surface area contributed by atoms with Gasteiger partial charge in [-0.3, -0.25) is 0 Å². The monoisotopic (exact) mass is 630 g/mol. The fraction of sp³-hybridized carbons (Fsp3) is 0.375. The molecule has 246 valence electrons. The van der Waals surface area contributed by atoms with E-state index in [2.05, 4.69) is 72.8 Å². The molecule has 0 N–H and O–H groups in total. The predicted molar refractivity (Wildman–Crippen MR) is 208 cm³/mol. The van der Waals surface area contributed by atoms with Crippen molar-refractivity contribution in [2.45, 2.75) is 116 Å². The van der Waals surface area contributed by atoms with Gasteiger partial charge in [-0.1, -0.05) is 113 Å². The largest absolute Gasteiger partial charge is 0.0905 e. The standard InChI is InChI=1S/C48H54/c1-34(43-28-16-22-37-19-10-4-7-13-25-46(37)43)40-31-41(35(2)44-29-17-23-38-20-11-5-8-14-26-47(38)44)33-42(32-40)36(3)45-30-18-24-39-21-12-6-9-15-27-48(39)45/h16-18,22-24,28-33H,1-15,19-21,25-27H2. The predicted octanol–water partition coefficient (Wildman–Crippen LogP) is 12.8. The molecule has 48 heavy (non-hydrogen) atoms. The summed E-state index contributed by atoms with van der Waals surface area (Å²) in [6, 6.07) is 27.9. The molecular weight excluding hydrogens is 577 g/mol. The van der Waals surface area contributed by atoms with Gasteiger partial charge in [0.15, 0.2) is 0 Å². The Balaban J connectivity index is 1.35. The van der Waals surface area contributed by atoms with Crippen molar-refractivity contribution in [2.75, 3.05) is 0 Å². The number of hydrogen-bond acceptors (Lipinski definition) is 0. The lowest BCUT2D eigenvalue weighted by Crippen LogP contribution is -2.06. The van der Waals surface area contributed by atoms with Gasteiger partial charge in [0.25, 0.3) is 0 Å². The van der Waals surface area contributed by atoms with Gasteiger partial charge in [-0.15, -0.1) is 0 Å². The Hall–Kier alpha value is -3.90. The Labute approximate surface area is 290 Å². The number of aryl methyl sites for hydroxylation is 3. The maximum absolute atomic E-state index is 4.83. The van der Waals surface area contributed by atoms with Gasteiger partial charge < -0.3 is 0 Å². The van der Waals surface area contributed by atoms with Crippen molar-refractivity contribution in [1.29, 1.82) is 0 Å². The first-order valence-corrected chi connectivity index (χ1v) is 19.1. The topological polar surface area (TPSA) is 0 Å². The highest BCUT2D eigenvalue weighted by Gasteiger charge is 2.20. The van der Waals surface area contributed by atoms with Gasteiger partial charge in [-0.25, -0.2) is 0 Å². The van der Waals surface area contributed by atoms with Crippen molar-refractivity contribution in [3.63, 3.8) is 0 Å². The second-order valence-electron chi connectivity index (χ2n) is 14.8. The summed E-state index contributed by atoms with van der Waals surface area (Å²) in [5.74, 6) is 0. The van der Waals surface area contributed by atoms with Crippen LogP contribution in [0.4, 0.5) is 0 Å². The molecule has 0 saturated carbocycles. The van der Waals surface area contributed by atoms with Gasteiger partial charge in [0, 0.05) is 0 Å². The Morgan fingerprint density at radius 3 is 0.896 bits per heavy atom. The van der Waals surface area contributed by atoms with E-state index in [1.807, 2.05) is 0 Å². The molecule has 3 aliphatic carbocycles. The van der Waals surface area contributed by atoms with Crippen LogP contribution in [0.3, 0.4) is 0 Å². The van der Waals surface area contributed by atoms with Crippen molar-refractivity contribution in [3.05, 3.63) is 159 Å². The smallest absolute Gasteiger partial charge is 0.0149 e. The summed E-state index contributed by atoms with van der Waals surface area (Å²) in [6.45, 7) is 14.5. The highest BCUT2D eigenvalue weighted by molar-refractivity contribution is 5.90. The van der Waals surface area contributed by atoms with E-state index in [1.54, 1.807) is 0 Å². The molecule has 0 nitrogen and oxygen atoms in total. The lowest BCUT2D eigenvalue weighted by atomic mass is 9.82. The van der Waals surface area contributed by atoms with Crippen LogP contribution in [0.15, 0.2) is 92.5 Å². The zero-order chi connectivity index (χ0) is 32.9. The Morgan fingerprint density at radius 2 is 0.604 bits per heavy atom. The van der Waals surface area contributed by atoms with Crippen LogP contribution in [0.25, 0.3) is 16.7 Å². The summed E-state index contributed by atoms with van der Waals surface area (Å²) < 4.78 is 0. The third-order valence-corrected chi connectivity index (χ3v) is 11.6. The Bertz CT molecular complexity index is 1600. The second kappa shape index (κ2) is 15.1. The molecule has 7 rings (SSSR count). The minimum Gasteiger partial charge on any atom is -0.0905 e. The molecule has 0 spiro atoms. The molecule has 0 aromatic heterocycles. The van der Waals surface area contributed by atoms with Crippen LogP contribution in [-0.4, -0.2) is 0 Å². The minimum atomic E-state index is 1.13. The van der Waals surface area contributed by atoms with E-state index in [9.17, 15) is 0 Å². The summed E-state index contributed by atoms with van der Waals surface area (Å²) in [4.78, 5) is 0. The maximum Gasteiger partial charge on any atom is -0.0149 e. The Kier molecular flexibility index (Phi) is 10.3. The minimum absolute atomic E-state index is 1.13. The fourth-order valence-electron chi connectivity index (χ4n) is 8.87. The molecule has 0 fully saturated rings. The van der Waals surface area contributed by atoms with Gasteiger partial charge in [-0.05, 0) is 179 Å². The van der Waals surface area contributed by atoms with E-state index < -0.39 is 0 Å². The van der Waals surface area contributed by atoms with Crippen molar-refractivity contribution < 1.29 is 0 Å². The first-order chi connectivity index (χ1) is 23.6. The number of fused-ring (bicyclic) bond motifs is 3. The average Bonchev–Trinajstić information content (AvgIpc) is 3.07. The first-order valence-electron chi connectivity index (χ1n) is 19.1. The molecule has 0 aliphatic heterocycles. The molecule has 4 aromatic carbocycles. The van der Waals surface area contributed by atoms with E-state index in [-0.39, 0.29) is 0 Å². The molecular formula is C48H54. The maximum atomic E-state index is 4.83. The molecule has 0 bridgehead atoms. The van der Waals surface area contributed by atoms with Crippen molar-refractivity contribution >= 4 is 16.7 Å². The van der Waals surface area contributed by atoms with E-state index in [0.29, 0.717) is 0 Å². The van der Waals surface area contributed by atoms with Gasteiger partial charge in [-0.2, -0.15) is 0 Å². The van der Waals surface area contributed by atoms with Crippen LogP contribution < -0.4 is 0 Å². The van der Waals surface area contributed by atoms with Crippen LogP contribution in [-0.2, 0) is 38.5 Å². The fourth-order valence-corrected chi connectivity index (χ4v) is 8.87. The first kappa shape index (κ1) is 32.6. The van der Waals surface area contributed by atoms with E-state index in [4.69, 9.17) is 19.7 Å². The number of benzene rings is 4. The molecule has 0 amide bonds. The third kappa shape index (κ3) is 6.96.